The number of hydrogen-bond donors (Lipinski definition) is 0. The van der Waals surface area contributed by atoms with E-state index in [1.807, 2.05) is 0 Å². The molecule has 0 aromatic heterocycles. The SMILES string of the molecule is [Si]N([Si]N([Si])C1CCCCC1)C1CCCCC1. The highest BCUT2D eigenvalue weighted by Crippen LogP contribution is 2.23. The molecule has 17 heavy (non-hydrogen) atoms. The molecule has 0 spiro atoms. The van der Waals surface area contributed by atoms with Gasteiger partial charge < -0.3 is 8.46 Å². The number of nitrogens with zero attached hydrogens (tertiary/aromatic N) is 2. The van der Waals surface area contributed by atoms with Crippen molar-refractivity contribution >= 4 is 30.7 Å². The van der Waals surface area contributed by atoms with E-state index in [2.05, 4.69) is 29.3 Å². The maximum atomic E-state index is 3.83. The van der Waals surface area contributed by atoms with Crippen LogP contribution in [-0.4, -0.2) is 51.2 Å². The minimum atomic E-state index is 0.735. The molecular weight excluding hydrogens is 256 g/mol. The Labute approximate surface area is 115 Å². The molecule has 2 fully saturated rings. The second-order valence-electron chi connectivity index (χ2n) is 5.42. The molecule has 0 heterocycles. The summed E-state index contributed by atoms with van der Waals surface area (Å²) in [6, 6.07) is 1.50. The fourth-order valence-corrected chi connectivity index (χ4v) is 5.50. The fourth-order valence-electron chi connectivity index (χ4n) is 2.96. The predicted octanol–water partition coefficient (Wildman–Crippen LogP) is 1.96. The predicted molar refractivity (Wildman–Crippen MR) is 74.7 cm³/mol. The summed E-state index contributed by atoms with van der Waals surface area (Å²) in [6.07, 6.45) is 13.9. The standard InChI is InChI=1S/C12H22N2Si3/c15-13(11-7-3-1-4-8-11)17-14(16)12-9-5-2-6-10-12/h11-12H,1-10H2. The minimum absolute atomic E-state index is 0.735. The molecule has 0 amide bonds. The molecule has 0 aliphatic heterocycles. The van der Waals surface area contributed by atoms with Gasteiger partial charge in [-0.1, -0.05) is 38.5 Å². The zero-order chi connectivity index (χ0) is 12.1. The molecule has 0 saturated heterocycles. The lowest BCUT2D eigenvalue weighted by molar-refractivity contribution is 0.307. The van der Waals surface area contributed by atoms with E-state index in [0.717, 1.165) is 21.9 Å². The van der Waals surface area contributed by atoms with Crippen molar-refractivity contribution in [2.75, 3.05) is 0 Å². The van der Waals surface area contributed by atoms with E-state index in [0.29, 0.717) is 0 Å². The Bertz CT molecular complexity index is 194. The summed E-state index contributed by atoms with van der Waals surface area (Å²) in [5, 5.41) is 0. The van der Waals surface area contributed by atoms with Crippen molar-refractivity contribution in [2.24, 2.45) is 0 Å². The third kappa shape index (κ3) is 4.31. The maximum Gasteiger partial charge on any atom is 0.235 e. The zero-order valence-electron chi connectivity index (χ0n) is 10.6. The smallest absolute Gasteiger partial charge is 0.235 e. The van der Waals surface area contributed by atoms with Crippen molar-refractivity contribution in [3.63, 3.8) is 0 Å². The van der Waals surface area contributed by atoms with Crippen LogP contribution in [0.15, 0.2) is 0 Å². The highest BCUT2D eigenvalue weighted by Gasteiger charge is 2.24. The molecule has 0 unspecified atom stereocenters. The average Bonchev–Trinajstić information content (AvgIpc) is 2.40. The van der Waals surface area contributed by atoms with Crippen molar-refractivity contribution in [1.29, 1.82) is 0 Å². The molecule has 92 valence electrons. The van der Waals surface area contributed by atoms with Gasteiger partial charge in [-0.05, 0) is 37.8 Å². The average molecular weight is 279 g/mol. The Morgan fingerprint density at radius 2 is 1.00 bits per heavy atom. The van der Waals surface area contributed by atoms with Crippen LogP contribution in [0.5, 0.6) is 0 Å². The molecule has 2 nitrogen and oxygen atoms in total. The Morgan fingerprint density at radius 3 is 1.35 bits per heavy atom. The first kappa shape index (κ1) is 14.0. The first-order chi connectivity index (χ1) is 8.27. The van der Waals surface area contributed by atoms with Gasteiger partial charge in [-0.2, -0.15) is 0 Å². The summed E-state index contributed by atoms with van der Waals surface area (Å²) in [5.41, 5.74) is 0. The Kier molecular flexibility index (Phi) is 5.95. The second-order valence-corrected chi connectivity index (χ2v) is 8.45. The summed E-state index contributed by atoms with van der Waals surface area (Å²) in [5.74, 6) is 0. The van der Waals surface area contributed by atoms with E-state index in [1.165, 1.54) is 64.2 Å². The first-order valence-corrected chi connectivity index (χ1v) is 8.83. The highest BCUT2D eigenvalue weighted by molar-refractivity contribution is 6.46. The van der Waals surface area contributed by atoms with Gasteiger partial charge in [-0.25, -0.2) is 0 Å². The third-order valence-electron chi connectivity index (χ3n) is 4.10. The number of rotatable bonds is 4. The van der Waals surface area contributed by atoms with Crippen molar-refractivity contribution in [3.05, 3.63) is 0 Å². The number of hydrogen-bond acceptors (Lipinski definition) is 2. The lowest BCUT2D eigenvalue weighted by Crippen LogP contribution is -2.49. The van der Waals surface area contributed by atoms with E-state index in [9.17, 15) is 0 Å². The monoisotopic (exact) mass is 278 g/mol. The molecule has 5 heteroatoms. The maximum absolute atomic E-state index is 3.83. The lowest BCUT2D eigenvalue weighted by atomic mass is 9.96. The molecule has 2 rings (SSSR count). The quantitative estimate of drug-likeness (QED) is 0.726. The molecule has 0 aromatic carbocycles. The molecule has 0 atom stereocenters. The van der Waals surface area contributed by atoms with E-state index in [-0.39, 0.29) is 0 Å². The lowest BCUT2D eigenvalue weighted by Gasteiger charge is -2.37. The van der Waals surface area contributed by atoms with Crippen molar-refractivity contribution in [3.8, 4) is 0 Å². The van der Waals surface area contributed by atoms with Crippen LogP contribution < -0.4 is 0 Å². The Balaban J connectivity index is 1.74. The van der Waals surface area contributed by atoms with Gasteiger partial charge in [0.25, 0.3) is 0 Å². The third-order valence-corrected chi connectivity index (χ3v) is 6.59. The summed E-state index contributed by atoms with van der Waals surface area (Å²) < 4.78 is 4.78. The summed E-state index contributed by atoms with van der Waals surface area (Å²) in [7, 11) is 8.40. The Morgan fingerprint density at radius 1 is 0.647 bits per heavy atom. The van der Waals surface area contributed by atoms with Crippen molar-refractivity contribution < 1.29 is 0 Å². The molecule has 2 aliphatic carbocycles. The van der Waals surface area contributed by atoms with E-state index in [1.54, 1.807) is 0 Å². The molecule has 8 radical (unpaired) electrons. The van der Waals surface area contributed by atoms with Gasteiger partial charge in [0.15, 0.2) is 0 Å². The van der Waals surface area contributed by atoms with Gasteiger partial charge in [0.2, 0.25) is 9.84 Å². The molecule has 2 aliphatic rings. The molecule has 2 saturated carbocycles. The Hall–Kier alpha value is 0.571. The van der Waals surface area contributed by atoms with Gasteiger partial charge in [0.1, 0.15) is 20.8 Å². The van der Waals surface area contributed by atoms with Crippen LogP contribution in [0, 0.1) is 0 Å². The van der Waals surface area contributed by atoms with Crippen LogP contribution in [-0.2, 0) is 0 Å². The van der Waals surface area contributed by atoms with Gasteiger partial charge in [0, 0.05) is 0 Å². The van der Waals surface area contributed by atoms with Gasteiger partial charge in [-0.3, -0.25) is 0 Å². The highest BCUT2D eigenvalue weighted by atomic mass is 28.3. The summed E-state index contributed by atoms with van der Waals surface area (Å²) in [6.45, 7) is 0. The zero-order valence-corrected chi connectivity index (χ0v) is 13.6. The van der Waals surface area contributed by atoms with E-state index in [4.69, 9.17) is 0 Å². The van der Waals surface area contributed by atoms with Crippen LogP contribution in [0.25, 0.3) is 0 Å². The van der Waals surface area contributed by atoms with Crippen LogP contribution in [0.3, 0.4) is 0 Å². The normalized spacial score (nSPS) is 24.7. The van der Waals surface area contributed by atoms with Crippen molar-refractivity contribution in [2.45, 2.75) is 76.3 Å². The van der Waals surface area contributed by atoms with Gasteiger partial charge in [0.05, 0.1) is 0 Å². The van der Waals surface area contributed by atoms with Crippen LogP contribution in [0.4, 0.5) is 0 Å². The van der Waals surface area contributed by atoms with Gasteiger partial charge >= 0.3 is 0 Å². The second kappa shape index (κ2) is 7.23. The van der Waals surface area contributed by atoms with Crippen molar-refractivity contribution in [1.82, 2.24) is 8.46 Å². The van der Waals surface area contributed by atoms with E-state index >= 15 is 0 Å². The van der Waals surface area contributed by atoms with Gasteiger partial charge in [-0.15, -0.1) is 0 Å². The van der Waals surface area contributed by atoms with Crippen LogP contribution in [0.2, 0.25) is 0 Å². The topological polar surface area (TPSA) is 6.48 Å². The summed E-state index contributed by atoms with van der Waals surface area (Å²) in [4.78, 5) is 0. The molecule has 0 bridgehead atoms. The molecule has 0 aromatic rings. The van der Waals surface area contributed by atoms with Crippen LogP contribution >= 0.6 is 0 Å². The fraction of sp³-hybridized carbons (Fsp3) is 1.00. The van der Waals surface area contributed by atoms with Crippen LogP contribution in [0.1, 0.15) is 64.2 Å². The van der Waals surface area contributed by atoms with E-state index < -0.39 is 0 Å². The first-order valence-electron chi connectivity index (χ1n) is 7.04. The summed E-state index contributed by atoms with van der Waals surface area (Å²) >= 11 is 0. The molecular formula is C12H22N2Si3. The molecule has 0 N–H and O–H groups in total. The largest absolute Gasteiger partial charge is 0.335 e. The minimum Gasteiger partial charge on any atom is -0.335 e.